The third-order valence-corrected chi connectivity index (χ3v) is 8.40. The Morgan fingerprint density at radius 1 is 1.11 bits per heavy atom. The van der Waals surface area contributed by atoms with Crippen LogP contribution in [0.5, 0.6) is 5.75 Å². The van der Waals surface area contributed by atoms with Gasteiger partial charge in [-0.15, -0.1) is 11.3 Å². The van der Waals surface area contributed by atoms with Crippen LogP contribution in [0.3, 0.4) is 0 Å². The number of hydrogen-bond acceptors (Lipinski definition) is 7. The van der Waals surface area contributed by atoms with E-state index in [2.05, 4.69) is 15.2 Å². The van der Waals surface area contributed by atoms with Crippen LogP contribution in [-0.2, 0) is 29.0 Å². The minimum absolute atomic E-state index is 0.0642. The molecular weight excluding hydrogens is 490 g/mol. The molecule has 1 aromatic carbocycles. The number of methoxy groups -OCH3 is 1. The molecule has 1 saturated heterocycles. The number of hydrogen-bond donors (Lipinski definition) is 1. The average Bonchev–Trinajstić information content (AvgIpc) is 3.32. The molecule has 2 amide bonds. The van der Waals surface area contributed by atoms with E-state index in [1.54, 1.807) is 18.4 Å². The van der Waals surface area contributed by atoms with Crippen LogP contribution in [0.25, 0.3) is 10.2 Å². The first kappa shape index (κ1) is 25.3. The van der Waals surface area contributed by atoms with E-state index in [0.29, 0.717) is 37.9 Å². The Hall–Kier alpha value is -3.40. The number of fused-ring (bicyclic) bond motifs is 3. The van der Waals surface area contributed by atoms with Crippen molar-refractivity contribution in [3.05, 3.63) is 51.4 Å². The summed E-state index contributed by atoms with van der Waals surface area (Å²) in [5.41, 5.74) is 2.04. The number of amides is 2. The van der Waals surface area contributed by atoms with Gasteiger partial charge in [-0.3, -0.25) is 19.0 Å². The van der Waals surface area contributed by atoms with Crippen LogP contribution >= 0.6 is 11.3 Å². The van der Waals surface area contributed by atoms with Crippen molar-refractivity contribution in [3.8, 4) is 5.75 Å². The first-order chi connectivity index (χ1) is 18.0. The van der Waals surface area contributed by atoms with Gasteiger partial charge in [0.1, 0.15) is 17.1 Å². The molecule has 3 aromatic rings. The van der Waals surface area contributed by atoms with Crippen molar-refractivity contribution in [2.24, 2.45) is 0 Å². The maximum atomic E-state index is 13.0. The summed E-state index contributed by atoms with van der Waals surface area (Å²) in [6.45, 7) is 3.16. The molecule has 0 bridgehead atoms. The van der Waals surface area contributed by atoms with Crippen molar-refractivity contribution in [2.45, 2.75) is 45.1 Å². The van der Waals surface area contributed by atoms with Crippen molar-refractivity contribution in [2.75, 3.05) is 44.7 Å². The molecule has 3 heterocycles. The van der Waals surface area contributed by atoms with Crippen molar-refractivity contribution in [1.29, 1.82) is 0 Å². The number of nitrogens with one attached hydrogen (secondary N) is 1. The fourth-order valence-corrected chi connectivity index (χ4v) is 6.44. The van der Waals surface area contributed by atoms with Crippen LogP contribution in [-0.4, -0.2) is 66.1 Å². The van der Waals surface area contributed by atoms with E-state index in [0.717, 1.165) is 60.6 Å². The molecule has 37 heavy (non-hydrogen) atoms. The number of carbonyl (C=O) groups is 2. The molecule has 196 valence electrons. The second kappa shape index (κ2) is 11.3. The molecule has 0 saturated carbocycles. The zero-order valence-corrected chi connectivity index (χ0v) is 22.0. The lowest BCUT2D eigenvalue weighted by Gasteiger charge is -2.36. The largest absolute Gasteiger partial charge is 0.495 e. The summed E-state index contributed by atoms with van der Waals surface area (Å²) >= 11 is 1.60. The van der Waals surface area contributed by atoms with Gasteiger partial charge < -0.3 is 19.9 Å². The molecule has 2 aromatic heterocycles. The molecule has 0 radical (unpaired) electrons. The molecule has 1 fully saturated rings. The third-order valence-electron chi connectivity index (χ3n) is 7.20. The van der Waals surface area contributed by atoms with E-state index in [1.807, 2.05) is 29.2 Å². The van der Waals surface area contributed by atoms with E-state index >= 15 is 0 Å². The Labute approximate surface area is 220 Å². The van der Waals surface area contributed by atoms with Gasteiger partial charge in [-0.1, -0.05) is 12.1 Å². The lowest BCUT2D eigenvalue weighted by atomic mass is 9.97. The number of thiophene rings is 1. The molecule has 0 spiro atoms. The summed E-state index contributed by atoms with van der Waals surface area (Å²) in [5.74, 6) is 0.693. The molecule has 1 aliphatic heterocycles. The number of para-hydroxylation sites is 2. The standard InChI is InChI=1S/C27H33N5O4S/c1-36-21-9-4-3-8-20(21)30-13-15-31(16-14-30)24(34)11-6-12-28-23(33)17-32-18-29-26-25(27(32)35)19-7-2-5-10-22(19)37-26/h3-4,8-9,18H,2,5-7,10-17H2,1H3,(H,28,33). The quantitative estimate of drug-likeness (QED) is 0.456. The fraction of sp³-hybridized carbons (Fsp3) is 0.481. The molecule has 1 N–H and O–H groups in total. The Kier molecular flexibility index (Phi) is 7.73. The fourth-order valence-electron chi connectivity index (χ4n) is 5.22. The summed E-state index contributed by atoms with van der Waals surface area (Å²) in [4.78, 5) is 48.8. The molecule has 2 aliphatic rings. The van der Waals surface area contributed by atoms with Crippen LogP contribution in [0, 0.1) is 0 Å². The summed E-state index contributed by atoms with van der Waals surface area (Å²) in [6.07, 6.45) is 6.56. The summed E-state index contributed by atoms with van der Waals surface area (Å²) in [6, 6.07) is 7.92. The first-order valence-electron chi connectivity index (χ1n) is 13.0. The highest BCUT2D eigenvalue weighted by molar-refractivity contribution is 7.18. The third kappa shape index (κ3) is 5.49. The van der Waals surface area contributed by atoms with Gasteiger partial charge in [0, 0.05) is 44.0 Å². The van der Waals surface area contributed by atoms with Gasteiger partial charge in [0.05, 0.1) is 24.5 Å². The van der Waals surface area contributed by atoms with Crippen LogP contribution in [0.1, 0.15) is 36.1 Å². The summed E-state index contributed by atoms with van der Waals surface area (Å²) in [7, 11) is 1.67. The zero-order valence-electron chi connectivity index (χ0n) is 21.2. The number of ether oxygens (including phenoxy) is 1. The molecule has 1 aliphatic carbocycles. The lowest BCUT2D eigenvalue weighted by molar-refractivity contribution is -0.131. The Morgan fingerprint density at radius 3 is 2.70 bits per heavy atom. The highest BCUT2D eigenvalue weighted by atomic mass is 32.1. The predicted octanol–water partition coefficient (Wildman–Crippen LogP) is 2.59. The van der Waals surface area contributed by atoms with Crippen LogP contribution in [0.4, 0.5) is 5.69 Å². The summed E-state index contributed by atoms with van der Waals surface area (Å²) in [5, 5.41) is 3.53. The van der Waals surface area contributed by atoms with Crippen molar-refractivity contribution >= 4 is 39.1 Å². The second-order valence-electron chi connectivity index (χ2n) is 9.56. The predicted molar refractivity (Wildman–Crippen MR) is 145 cm³/mol. The van der Waals surface area contributed by atoms with E-state index in [4.69, 9.17) is 4.74 Å². The number of aromatic nitrogens is 2. The maximum absolute atomic E-state index is 13.0. The number of anilines is 1. The van der Waals surface area contributed by atoms with Crippen LogP contribution in [0.2, 0.25) is 0 Å². The second-order valence-corrected chi connectivity index (χ2v) is 10.6. The monoisotopic (exact) mass is 523 g/mol. The van der Waals surface area contributed by atoms with Crippen molar-refractivity contribution in [3.63, 3.8) is 0 Å². The minimum Gasteiger partial charge on any atom is -0.495 e. The highest BCUT2D eigenvalue weighted by Crippen LogP contribution is 2.33. The Bertz CT molecular complexity index is 1340. The van der Waals surface area contributed by atoms with E-state index in [9.17, 15) is 14.4 Å². The number of rotatable bonds is 8. The number of piperazine rings is 1. The minimum atomic E-state index is -0.245. The van der Waals surface area contributed by atoms with Gasteiger partial charge in [0.2, 0.25) is 11.8 Å². The Balaban J connectivity index is 1.07. The summed E-state index contributed by atoms with van der Waals surface area (Å²) < 4.78 is 6.85. The highest BCUT2D eigenvalue weighted by Gasteiger charge is 2.23. The first-order valence-corrected chi connectivity index (χ1v) is 13.8. The van der Waals surface area contributed by atoms with E-state index in [1.165, 1.54) is 15.8 Å². The molecular formula is C27H33N5O4S. The Morgan fingerprint density at radius 2 is 1.89 bits per heavy atom. The number of benzene rings is 1. The van der Waals surface area contributed by atoms with Gasteiger partial charge in [0.25, 0.3) is 5.56 Å². The van der Waals surface area contributed by atoms with Gasteiger partial charge in [-0.05, 0) is 49.8 Å². The topological polar surface area (TPSA) is 96.8 Å². The van der Waals surface area contributed by atoms with E-state index < -0.39 is 0 Å². The normalized spacial score (nSPS) is 15.5. The van der Waals surface area contributed by atoms with Crippen LogP contribution < -0.4 is 20.5 Å². The molecule has 10 heteroatoms. The molecule has 0 unspecified atom stereocenters. The van der Waals surface area contributed by atoms with Gasteiger partial charge >= 0.3 is 0 Å². The van der Waals surface area contributed by atoms with Gasteiger partial charge in [0.15, 0.2) is 0 Å². The number of nitrogens with zero attached hydrogens (tertiary/aromatic N) is 4. The average molecular weight is 524 g/mol. The smallest absolute Gasteiger partial charge is 0.262 e. The van der Waals surface area contributed by atoms with Crippen molar-refractivity contribution < 1.29 is 14.3 Å². The SMILES string of the molecule is COc1ccccc1N1CCN(C(=O)CCCNC(=O)Cn2cnc3sc4c(c3c2=O)CCCC4)CC1. The van der Waals surface area contributed by atoms with Gasteiger partial charge in [-0.25, -0.2) is 4.98 Å². The zero-order chi connectivity index (χ0) is 25.8. The lowest BCUT2D eigenvalue weighted by Crippen LogP contribution is -2.49. The van der Waals surface area contributed by atoms with Crippen LogP contribution in [0.15, 0.2) is 35.4 Å². The maximum Gasteiger partial charge on any atom is 0.262 e. The van der Waals surface area contributed by atoms with Crippen molar-refractivity contribution in [1.82, 2.24) is 19.8 Å². The number of aryl methyl sites for hydroxylation is 2. The van der Waals surface area contributed by atoms with Gasteiger partial charge in [-0.2, -0.15) is 0 Å². The molecule has 5 rings (SSSR count). The van der Waals surface area contributed by atoms with E-state index in [-0.39, 0.29) is 23.9 Å². The number of carbonyl (C=O) groups excluding carboxylic acids is 2. The molecule has 0 atom stereocenters. The molecule has 9 nitrogen and oxygen atoms in total.